The molecule has 0 N–H and O–H groups in total. The fourth-order valence-electron chi connectivity index (χ4n) is 4.90. The van der Waals surface area contributed by atoms with Gasteiger partial charge in [-0.05, 0) is 95.8 Å². The minimum atomic E-state index is -0.233. The van der Waals surface area contributed by atoms with E-state index in [1.807, 2.05) is 129 Å². The zero-order chi connectivity index (χ0) is 35.0. The Bertz CT molecular complexity index is 1800. The Morgan fingerprint density at radius 1 is 0.540 bits per heavy atom. The summed E-state index contributed by atoms with van der Waals surface area (Å²) in [7, 11) is 0. The maximum Gasteiger partial charge on any atom is 0.123 e. The van der Waals surface area contributed by atoms with Crippen molar-refractivity contribution in [2.45, 2.75) is 39.1 Å². The third kappa shape index (κ3) is 12.0. The first-order valence-electron chi connectivity index (χ1n) is 16.5. The van der Waals surface area contributed by atoms with Gasteiger partial charge in [0.15, 0.2) is 0 Å². The molecule has 0 spiro atoms. The van der Waals surface area contributed by atoms with Gasteiger partial charge < -0.3 is 9.47 Å². The quantitative estimate of drug-likeness (QED) is 0.118. The van der Waals surface area contributed by atoms with Crippen LogP contribution in [0.4, 0.5) is 4.39 Å². The smallest absolute Gasteiger partial charge is 0.123 e. The lowest BCUT2D eigenvalue weighted by Gasteiger charge is -2.08. The molecule has 0 radical (unpaired) electrons. The number of nitrogens with zero attached hydrogens (tertiary/aromatic N) is 2. The van der Waals surface area contributed by atoms with Crippen molar-refractivity contribution < 1.29 is 13.9 Å². The van der Waals surface area contributed by atoms with Gasteiger partial charge in [0.05, 0.1) is 12.1 Å². The summed E-state index contributed by atoms with van der Waals surface area (Å²) in [6, 6.07) is 50.8. The van der Waals surface area contributed by atoms with Gasteiger partial charge in [-0.15, -0.1) is 0 Å². The number of aliphatic imine (C=N–C) groups is 2. The van der Waals surface area contributed by atoms with E-state index in [0.717, 1.165) is 43.8 Å². The van der Waals surface area contributed by atoms with Crippen LogP contribution >= 0.6 is 15.9 Å². The van der Waals surface area contributed by atoms with E-state index in [-0.39, 0.29) is 17.9 Å². The zero-order valence-electron chi connectivity index (χ0n) is 28.2. The van der Waals surface area contributed by atoms with Gasteiger partial charge in [0.2, 0.25) is 0 Å². The Hall–Kier alpha value is -5.33. The predicted octanol–water partition coefficient (Wildman–Crippen LogP) is 11.8. The van der Waals surface area contributed by atoms with Crippen molar-refractivity contribution >= 4 is 28.4 Å². The summed E-state index contributed by atoms with van der Waals surface area (Å²) in [6.45, 7) is 5.18. The summed E-state index contributed by atoms with van der Waals surface area (Å²) in [5.74, 6) is 1.43. The van der Waals surface area contributed by atoms with Crippen molar-refractivity contribution in [3.05, 3.63) is 201 Å². The molecule has 4 nitrogen and oxygen atoms in total. The van der Waals surface area contributed by atoms with Gasteiger partial charge in [-0.2, -0.15) is 0 Å². The lowest BCUT2D eigenvalue weighted by Crippen LogP contribution is -1.96. The normalized spacial score (nSPS) is 12.2. The number of hydrogen-bond acceptors (Lipinski definition) is 4. The molecule has 0 amide bonds. The molecule has 0 fully saturated rings. The van der Waals surface area contributed by atoms with Crippen LogP contribution in [-0.2, 0) is 13.2 Å². The molecule has 0 aliphatic carbocycles. The Kier molecular flexibility index (Phi) is 13.7. The summed E-state index contributed by atoms with van der Waals surface area (Å²) in [5, 5.41) is 0. The molecule has 0 saturated heterocycles. The fourth-order valence-corrected chi connectivity index (χ4v) is 5.17. The monoisotopic (exact) mass is 726 g/mol. The molecule has 6 rings (SSSR count). The Morgan fingerprint density at radius 2 is 0.960 bits per heavy atom. The lowest BCUT2D eigenvalue weighted by atomic mass is 10.1. The average Bonchev–Trinajstić information content (AvgIpc) is 3.16. The van der Waals surface area contributed by atoms with E-state index in [1.54, 1.807) is 12.1 Å². The first kappa shape index (κ1) is 36.0. The molecule has 0 bridgehead atoms. The van der Waals surface area contributed by atoms with Gasteiger partial charge in [-0.1, -0.05) is 125 Å². The van der Waals surface area contributed by atoms with Crippen molar-refractivity contribution in [2.24, 2.45) is 9.98 Å². The molecule has 6 aromatic rings. The van der Waals surface area contributed by atoms with Crippen molar-refractivity contribution in [3.63, 3.8) is 0 Å². The molecule has 2 unspecified atom stereocenters. The van der Waals surface area contributed by atoms with Crippen LogP contribution in [0.5, 0.6) is 11.5 Å². The number of halogens is 2. The standard InChI is InChI=1S/C22H20BrNO.C22H20FNO/c2*1-17(20-10-12-21(23)13-11-20)24-15-19-8-5-9-22(14-19)25-16-18-6-3-2-4-7-18/h2*2-15,17H,16H2,1H3/b2*24-15+. The maximum atomic E-state index is 13.0. The highest BCUT2D eigenvalue weighted by Crippen LogP contribution is 2.21. The van der Waals surface area contributed by atoms with Crippen LogP contribution in [0.1, 0.15) is 59.3 Å². The minimum absolute atomic E-state index is 0.0329. The molecule has 0 saturated carbocycles. The minimum Gasteiger partial charge on any atom is -0.489 e. The topological polar surface area (TPSA) is 43.2 Å². The lowest BCUT2D eigenvalue weighted by molar-refractivity contribution is 0.306. The van der Waals surface area contributed by atoms with Gasteiger partial charge in [0, 0.05) is 16.9 Å². The molecule has 0 aliphatic heterocycles. The van der Waals surface area contributed by atoms with Gasteiger partial charge in [-0.25, -0.2) is 4.39 Å². The second-order valence-corrected chi connectivity index (χ2v) is 12.6. The second kappa shape index (κ2) is 19.0. The summed E-state index contributed by atoms with van der Waals surface area (Å²) in [6.07, 6.45) is 3.73. The predicted molar refractivity (Wildman–Crippen MR) is 207 cm³/mol. The van der Waals surface area contributed by atoms with E-state index in [9.17, 15) is 4.39 Å². The van der Waals surface area contributed by atoms with Crippen molar-refractivity contribution in [2.75, 3.05) is 0 Å². The van der Waals surface area contributed by atoms with Gasteiger partial charge in [0.25, 0.3) is 0 Å². The average molecular weight is 728 g/mol. The second-order valence-electron chi connectivity index (χ2n) is 11.7. The summed E-state index contributed by atoms with van der Waals surface area (Å²) < 4.78 is 25.8. The summed E-state index contributed by atoms with van der Waals surface area (Å²) in [4.78, 5) is 9.21. The van der Waals surface area contributed by atoms with E-state index >= 15 is 0 Å². The van der Waals surface area contributed by atoms with Crippen LogP contribution in [-0.4, -0.2) is 12.4 Å². The number of benzene rings is 6. The van der Waals surface area contributed by atoms with Crippen molar-refractivity contribution in [1.82, 2.24) is 0 Å². The molecule has 6 aromatic carbocycles. The molecule has 0 aromatic heterocycles. The molecule has 0 heterocycles. The Morgan fingerprint density at radius 3 is 1.40 bits per heavy atom. The van der Waals surface area contributed by atoms with E-state index in [4.69, 9.17) is 9.47 Å². The molecule has 0 aliphatic rings. The molecular weight excluding hydrogens is 687 g/mol. The molecule has 2 atom stereocenters. The highest BCUT2D eigenvalue weighted by atomic mass is 79.9. The summed E-state index contributed by atoms with van der Waals surface area (Å²) >= 11 is 3.46. The summed E-state index contributed by atoms with van der Waals surface area (Å²) in [5.41, 5.74) is 6.47. The van der Waals surface area contributed by atoms with Crippen LogP contribution in [0.25, 0.3) is 0 Å². The Balaban J connectivity index is 0.000000194. The van der Waals surface area contributed by atoms with E-state index in [0.29, 0.717) is 13.2 Å². The third-order valence-corrected chi connectivity index (χ3v) is 8.34. The molecule has 252 valence electrons. The largest absolute Gasteiger partial charge is 0.489 e. The first-order chi connectivity index (χ1) is 24.4. The fraction of sp³-hybridized carbons (Fsp3) is 0.136. The Labute approximate surface area is 303 Å². The highest BCUT2D eigenvalue weighted by molar-refractivity contribution is 9.10. The van der Waals surface area contributed by atoms with E-state index in [2.05, 4.69) is 57.1 Å². The number of rotatable bonds is 12. The zero-order valence-corrected chi connectivity index (χ0v) is 29.8. The van der Waals surface area contributed by atoms with Gasteiger partial charge >= 0.3 is 0 Å². The molecular formula is C44H40BrFN2O2. The molecule has 6 heteroatoms. The van der Waals surface area contributed by atoms with Gasteiger partial charge in [-0.3, -0.25) is 9.98 Å². The molecule has 50 heavy (non-hydrogen) atoms. The van der Waals surface area contributed by atoms with Crippen LogP contribution in [0.15, 0.2) is 172 Å². The maximum absolute atomic E-state index is 13.0. The van der Waals surface area contributed by atoms with Crippen molar-refractivity contribution in [1.29, 1.82) is 0 Å². The third-order valence-electron chi connectivity index (χ3n) is 7.81. The van der Waals surface area contributed by atoms with Crippen molar-refractivity contribution in [3.8, 4) is 11.5 Å². The van der Waals surface area contributed by atoms with Crippen LogP contribution < -0.4 is 9.47 Å². The number of ether oxygens (including phenoxy) is 2. The first-order valence-corrected chi connectivity index (χ1v) is 17.3. The van der Waals surface area contributed by atoms with Crippen LogP contribution in [0.2, 0.25) is 0 Å². The van der Waals surface area contributed by atoms with Gasteiger partial charge in [0.1, 0.15) is 30.5 Å². The highest BCUT2D eigenvalue weighted by Gasteiger charge is 2.04. The van der Waals surface area contributed by atoms with E-state index < -0.39 is 0 Å². The van der Waals surface area contributed by atoms with Crippen LogP contribution in [0.3, 0.4) is 0 Å². The number of hydrogen-bond donors (Lipinski definition) is 0. The van der Waals surface area contributed by atoms with Crippen LogP contribution in [0, 0.1) is 5.82 Å². The van der Waals surface area contributed by atoms with E-state index in [1.165, 1.54) is 17.7 Å². The SMILES string of the molecule is CC(/N=C/c1cccc(OCc2ccccc2)c1)c1ccc(Br)cc1.CC(/N=C/c1cccc(OCc2ccccc2)c1)c1ccc(F)cc1.